The van der Waals surface area contributed by atoms with Crippen LogP contribution in [-0.4, -0.2) is 41.9 Å². The third kappa shape index (κ3) is 2.97. The zero-order valence-electron chi connectivity index (χ0n) is 15.6. The van der Waals surface area contributed by atoms with Crippen molar-refractivity contribution in [3.63, 3.8) is 0 Å². The minimum Gasteiger partial charge on any atom is -0.476 e. The molecule has 0 bridgehead atoms. The Bertz CT molecular complexity index is 986. The maximum absolute atomic E-state index is 11.6. The van der Waals surface area contributed by atoms with Gasteiger partial charge in [0.1, 0.15) is 11.6 Å². The highest BCUT2D eigenvalue weighted by Gasteiger charge is 2.29. The molecule has 0 unspecified atom stereocenters. The molecule has 0 aliphatic carbocycles. The van der Waals surface area contributed by atoms with Crippen LogP contribution in [0.15, 0.2) is 30.7 Å². The lowest BCUT2D eigenvalue weighted by Gasteiger charge is -2.29. The van der Waals surface area contributed by atoms with E-state index in [1.165, 1.54) is 0 Å². The standard InChI is InChI=1S/C19H22N6O2/c1-12(2)25-15-6-8-24(11-14(15)17(22-25)19(26)27)16-5-4-13(10-21-16)18-20-7-9-23(18)3/h4-5,7,9-10,12H,6,8,11H2,1-3H3,(H,26,27). The van der Waals surface area contributed by atoms with Crippen LogP contribution in [0.3, 0.4) is 0 Å². The lowest BCUT2D eigenvalue weighted by atomic mass is 10.0. The van der Waals surface area contributed by atoms with E-state index in [-0.39, 0.29) is 11.7 Å². The summed E-state index contributed by atoms with van der Waals surface area (Å²) in [7, 11) is 1.95. The highest BCUT2D eigenvalue weighted by Crippen LogP contribution is 2.28. The van der Waals surface area contributed by atoms with Gasteiger partial charge in [0.25, 0.3) is 0 Å². The Labute approximate surface area is 157 Å². The number of carbonyl (C=O) groups is 1. The van der Waals surface area contributed by atoms with E-state index in [0.29, 0.717) is 6.54 Å². The van der Waals surface area contributed by atoms with E-state index < -0.39 is 5.97 Å². The fourth-order valence-electron chi connectivity index (χ4n) is 3.59. The van der Waals surface area contributed by atoms with E-state index in [1.54, 1.807) is 6.20 Å². The predicted octanol–water partition coefficient (Wildman–Crippen LogP) is 2.52. The monoisotopic (exact) mass is 366 g/mol. The van der Waals surface area contributed by atoms with Crippen LogP contribution in [-0.2, 0) is 20.0 Å². The van der Waals surface area contributed by atoms with Crippen LogP contribution in [0.5, 0.6) is 0 Å². The molecule has 0 amide bonds. The van der Waals surface area contributed by atoms with Gasteiger partial charge in [-0.1, -0.05) is 0 Å². The topological polar surface area (TPSA) is 89.1 Å². The molecule has 8 heteroatoms. The fraction of sp³-hybridized carbons (Fsp3) is 0.368. The van der Waals surface area contributed by atoms with Gasteiger partial charge < -0.3 is 14.6 Å². The van der Waals surface area contributed by atoms with Gasteiger partial charge in [-0.2, -0.15) is 5.10 Å². The number of aromatic nitrogens is 5. The predicted molar refractivity (Wildman–Crippen MR) is 101 cm³/mol. The molecule has 0 aromatic carbocycles. The number of imidazole rings is 1. The molecular weight excluding hydrogens is 344 g/mol. The Morgan fingerprint density at radius 3 is 2.67 bits per heavy atom. The van der Waals surface area contributed by atoms with E-state index in [1.807, 2.05) is 54.7 Å². The van der Waals surface area contributed by atoms with Crippen molar-refractivity contribution in [2.75, 3.05) is 11.4 Å². The molecule has 1 aliphatic rings. The number of aryl methyl sites for hydroxylation is 1. The van der Waals surface area contributed by atoms with Crippen molar-refractivity contribution in [2.45, 2.75) is 32.9 Å². The van der Waals surface area contributed by atoms with Crippen LogP contribution in [0.25, 0.3) is 11.4 Å². The SMILES string of the molecule is CC(C)n1nc(C(=O)O)c2c1CCN(c1ccc(-c3nccn3C)cn1)C2. The summed E-state index contributed by atoms with van der Waals surface area (Å²) in [6.45, 7) is 5.31. The van der Waals surface area contributed by atoms with Crippen molar-refractivity contribution < 1.29 is 9.90 Å². The lowest BCUT2D eigenvalue weighted by Crippen LogP contribution is -2.32. The summed E-state index contributed by atoms with van der Waals surface area (Å²) in [6, 6.07) is 4.09. The van der Waals surface area contributed by atoms with Crippen molar-refractivity contribution in [3.05, 3.63) is 47.7 Å². The molecule has 3 aromatic heterocycles. The molecule has 4 heterocycles. The Hall–Kier alpha value is -3.16. The molecular formula is C19H22N6O2. The largest absolute Gasteiger partial charge is 0.476 e. The molecule has 0 spiro atoms. The van der Waals surface area contributed by atoms with Crippen molar-refractivity contribution in [3.8, 4) is 11.4 Å². The molecule has 0 saturated heterocycles. The van der Waals surface area contributed by atoms with Gasteiger partial charge >= 0.3 is 5.97 Å². The molecule has 1 aliphatic heterocycles. The number of anilines is 1. The number of rotatable bonds is 4. The molecule has 0 radical (unpaired) electrons. The van der Waals surface area contributed by atoms with Gasteiger partial charge in [0.2, 0.25) is 0 Å². The normalized spacial score (nSPS) is 13.9. The summed E-state index contributed by atoms with van der Waals surface area (Å²) in [5.74, 6) is 0.708. The van der Waals surface area contributed by atoms with Gasteiger partial charge in [-0.3, -0.25) is 4.68 Å². The Balaban J connectivity index is 1.63. The van der Waals surface area contributed by atoms with Crippen LogP contribution in [0.4, 0.5) is 5.82 Å². The number of hydrogen-bond donors (Lipinski definition) is 1. The van der Waals surface area contributed by atoms with Gasteiger partial charge in [0.15, 0.2) is 5.69 Å². The van der Waals surface area contributed by atoms with Gasteiger partial charge in [-0.25, -0.2) is 14.8 Å². The number of carboxylic acids is 1. The Morgan fingerprint density at radius 2 is 2.07 bits per heavy atom. The highest BCUT2D eigenvalue weighted by molar-refractivity contribution is 5.87. The Kier molecular flexibility index (Phi) is 4.18. The van der Waals surface area contributed by atoms with Crippen molar-refractivity contribution in [1.29, 1.82) is 0 Å². The first-order valence-electron chi connectivity index (χ1n) is 8.98. The minimum absolute atomic E-state index is 0.133. The first-order chi connectivity index (χ1) is 13.0. The first-order valence-corrected chi connectivity index (χ1v) is 8.98. The molecule has 0 saturated carbocycles. The van der Waals surface area contributed by atoms with Crippen LogP contribution < -0.4 is 4.90 Å². The minimum atomic E-state index is -0.981. The summed E-state index contributed by atoms with van der Waals surface area (Å²) in [5.41, 5.74) is 2.90. The van der Waals surface area contributed by atoms with Crippen LogP contribution >= 0.6 is 0 Å². The third-order valence-electron chi connectivity index (χ3n) is 4.93. The lowest BCUT2D eigenvalue weighted by molar-refractivity contribution is 0.0688. The molecule has 140 valence electrons. The van der Waals surface area contributed by atoms with E-state index in [2.05, 4.69) is 20.0 Å². The van der Waals surface area contributed by atoms with Crippen molar-refractivity contribution in [2.24, 2.45) is 7.05 Å². The number of carboxylic acid groups (broad SMARTS) is 1. The smallest absolute Gasteiger partial charge is 0.356 e. The molecule has 0 fully saturated rings. The molecule has 27 heavy (non-hydrogen) atoms. The van der Waals surface area contributed by atoms with Gasteiger partial charge in [-0.15, -0.1) is 0 Å². The van der Waals surface area contributed by atoms with Crippen LogP contribution in [0, 0.1) is 0 Å². The van der Waals surface area contributed by atoms with Gasteiger partial charge in [-0.05, 0) is 26.0 Å². The molecule has 4 rings (SSSR count). The average molecular weight is 366 g/mol. The zero-order valence-corrected chi connectivity index (χ0v) is 15.6. The molecule has 3 aromatic rings. The van der Waals surface area contributed by atoms with E-state index >= 15 is 0 Å². The number of nitrogens with zero attached hydrogens (tertiary/aromatic N) is 6. The fourth-order valence-corrected chi connectivity index (χ4v) is 3.59. The molecule has 8 nitrogen and oxygen atoms in total. The van der Waals surface area contributed by atoms with Crippen molar-refractivity contribution >= 4 is 11.8 Å². The molecule has 1 N–H and O–H groups in total. The first kappa shape index (κ1) is 17.3. The van der Waals surface area contributed by atoms with Crippen molar-refractivity contribution in [1.82, 2.24) is 24.3 Å². The molecule has 0 atom stereocenters. The summed E-state index contributed by atoms with van der Waals surface area (Å²) >= 11 is 0. The summed E-state index contributed by atoms with van der Waals surface area (Å²) in [6.07, 6.45) is 6.21. The maximum atomic E-state index is 11.6. The van der Waals surface area contributed by atoms with Crippen LogP contribution in [0.2, 0.25) is 0 Å². The summed E-state index contributed by atoms with van der Waals surface area (Å²) in [5, 5.41) is 13.9. The second kappa shape index (κ2) is 6.53. The number of pyridine rings is 1. The number of fused-ring (bicyclic) bond motifs is 1. The number of aromatic carboxylic acids is 1. The van der Waals surface area contributed by atoms with E-state index in [0.717, 1.165) is 41.4 Å². The van der Waals surface area contributed by atoms with Crippen LogP contribution in [0.1, 0.15) is 41.6 Å². The second-order valence-electron chi connectivity index (χ2n) is 7.06. The second-order valence-corrected chi connectivity index (χ2v) is 7.06. The average Bonchev–Trinajstić information content (AvgIpc) is 3.25. The quantitative estimate of drug-likeness (QED) is 0.763. The van der Waals surface area contributed by atoms with Gasteiger partial charge in [0, 0.05) is 68.0 Å². The third-order valence-corrected chi connectivity index (χ3v) is 4.93. The summed E-state index contributed by atoms with van der Waals surface area (Å²) in [4.78, 5) is 22.7. The van der Waals surface area contributed by atoms with E-state index in [9.17, 15) is 9.90 Å². The summed E-state index contributed by atoms with van der Waals surface area (Å²) < 4.78 is 3.79. The van der Waals surface area contributed by atoms with E-state index in [4.69, 9.17) is 0 Å². The Morgan fingerprint density at radius 1 is 1.26 bits per heavy atom. The zero-order chi connectivity index (χ0) is 19.1. The maximum Gasteiger partial charge on any atom is 0.356 e. The highest BCUT2D eigenvalue weighted by atomic mass is 16.4. The van der Waals surface area contributed by atoms with Gasteiger partial charge in [0.05, 0.1) is 0 Å². The number of hydrogen-bond acceptors (Lipinski definition) is 5.